The van der Waals surface area contributed by atoms with Gasteiger partial charge in [-0.05, 0) is 38.7 Å². The van der Waals surface area contributed by atoms with E-state index in [1.165, 1.54) is 18.4 Å². The fourth-order valence-electron chi connectivity index (χ4n) is 3.21. The van der Waals surface area contributed by atoms with Crippen molar-refractivity contribution in [1.29, 1.82) is 0 Å². The number of piperazine rings is 1. The highest BCUT2D eigenvalue weighted by Gasteiger charge is 2.35. The van der Waals surface area contributed by atoms with Gasteiger partial charge >= 0.3 is 0 Å². The molecule has 1 fully saturated rings. The molecule has 0 aliphatic carbocycles. The van der Waals surface area contributed by atoms with E-state index in [4.69, 9.17) is 0 Å². The third-order valence-electron chi connectivity index (χ3n) is 4.94. The van der Waals surface area contributed by atoms with E-state index >= 15 is 0 Å². The molecule has 0 radical (unpaired) electrons. The van der Waals surface area contributed by atoms with Crippen LogP contribution in [0.5, 0.6) is 0 Å². The molecule has 20 heavy (non-hydrogen) atoms. The molecule has 2 rings (SSSR count). The Balaban J connectivity index is 2.04. The molecule has 0 aromatic heterocycles. The van der Waals surface area contributed by atoms with Crippen LogP contribution in [0.15, 0.2) is 30.3 Å². The number of hydrogen-bond donors (Lipinski definition) is 1. The second-order valence-electron chi connectivity index (χ2n) is 6.68. The molecule has 0 bridgehead atoms. The van der Waals surface area contributed by atoms with Crippen LogP contribution >= 0.6 is 0 Å². The summed E-state index contributed by atoms with van der Waals surface area (Å²) in [6.45, 7) is 11.7. The first-order chi connectivity index (χ1) is 9.56. The van der Waals surface area contributed by atoms with Gasteiger partial charge in [0, 0.05) is 30.7 Å². The Morgan fingerprint density at radius 1 is 1.20 bits per heavy atom. The van der Waals surface area contributed by atoms with Crippen LogP contribution in [-0.2, 0) is 6.42 Å². The molecule has 1 aromatic carbocycles. The third-order valence-corrected chi connectivity index (χ3v) is 4.94. The van der Waals surface area contributed by atoms with Gasteiger partial charge in [0.15, 0.2) is 0 Å². The van der Waals surface area contributed by atoms with Crippen LogP contribution in [0.3, 0.4) is 0 Å². The van der Waals surface area contributed by atoms with Crippen molar-refractivity contribution in [1.82, 2.24) is 10.2 Å². The van der Waals surface area contributed by atoms with Gasteiger partial charge < -0.3 is 5.32 Å². The lowest BCUT2D eigenvalue weighted by Crippen LogP contribution is -2.62. The van der Waals surface area contributed by atoms with Gasteiger partial charge in [0.1, 0.15) is 0 Å². The minimum absolute atomic E-state index is 0.303. The molecular formula is C18H30N2. The van der Waals surface area contributed by atoms with Crippen molar-refractivity contribution in [3.63, 3.8) is 0 Å². The molecule has 2 nitrogen and oxygen atoms in total. The van der Waals surface area contributed by atoms with Gasteiger partial charge in [-0.1, -0.05) is 44.2 Å². The molecule has 0 spiro atoms. The molecule has 1 aliphatic heterocycles. The van der Waals surface area contributed by atoms with Crippen LogP contribution in [-0.4, -0.2) is 35.6 Å². The SMILES string of the molecule is CCC1CNC(Cc2ccccc2)CN1C(C)(C)CC. The fourth-order valence-corrected chi connectivity index (χ4v) is 3.21. The van der Waals surface area contributed by atoms with Gasteiger partial charge in [-0.15, -0.1) is 0 Å². The van der Waals surface area contributed by atoms with E-state index in [0.29, 0.717) is 17.6 Å². The Labute approximate surface area is 124 Å². The minimum Gasteiger partial charge on any atom is -0.311 e. The average Bonchev–Trinajstić information content (AvgIpc) is 2.48. The van der Waals surface area contributed by atoms with Crippen molar-refractivity contribution < 1.29 is 0 Å². The fraction of sp³-hybridized carbons (Fsp3) is 0.667. The second-order valence-corrected chi connectivity index (χ2v) is 6.68. The van der Waals surface area contributed by atoms with Crippen LogP contribution in [0.25, 0.3) is 0 Å². The number of rotatable bonds is 5. The Bertz CT molecular complexity index is 399. The summed E-state index contributed by atoms with van der Waals surface area (Å²) in [6.07, 6.45) is 3.57. The third kappa shape index (κ3) is 3.62. The van der Waals surface area contributed by atoms with Crippen molar-refractivity contribution in [2.45, 2.75) is 64.6 Å². The first-order valence-electron chi connectivity index (χ1n) is 8.11. The number of hydrogen-bond acceptors (Lipinski definition) is 2. The van der Waals surface area contributed by atoms with Crippen molar-refractivity contribution in [2.24, 2.45) is 0 Å². The van der Waals surface area contributed by atoms with Crippen LogP contribution in [0.2, 0.25) is 0 Å². The van der Waals surface area contributed by atoms with E-state index in [0.717, 1.165) is 19.5 Å². The van der Waals surface area contributed by atoms with Crippen molar-refractivity contribution in [3.8, 4) is 0 Å². The maximum Gasteiger partial charge on any atom is 0.0236 e. The molecule has 2 atom stereocenters. The zero-order valence-electron chi connectivity index (χ0n) is 13.5. The Morgan fingerprint density at radius 3 is 2.50 bits per heavy atom. The molecular weight excluding hydrogens is 244 g/mol. The molecule has 2 unspecified atom stereocenters. The average molecular weight is 274 g/mol. The predicted octanol–water partition coefficient (Wildman–Crippen LogP) is 3.47. The molecule has 2 heteroatoms. The summed E-state index contributed by atoms with van der Waals surface area (Å²) < 4.78 is 0. The highest BCUT2D eigenvalue weighted by Crippen LogP contribution is 2.26. The first kappa shape index (κ1) is 15.5. The monoisotopic (exact) mass is 274 g/mol. The molecule has 1 aliphatic rings. The lowest BCUT2D eigenvalue weighted by Gasteiger charge is -2.49. The summed E-state index contributed by atoms with van der Waals surface area (Å²) in [6, 6.07) is 12.1. The molecule has 1 heterocycles. The number of nitrogens with zero attached hydrogens (tertiary/aromatic N) is 1. The van der Waals surface area contributed by atoms with E-state index < -0.39 is 0 Å². The van der Waals surface area contributed by atoms with Crippen LogP contribution < -0.4 is 5.32 Å². The summed E-state index contributed by atoms with van der Waals surface area (Å²) >= 11 is 0. The van der Waals surface area contributed by atoms with E-state index in [-0.39, 0.29) is 0 Å². The van der Waals surface area contributed by atoms with Gasteiger partial charge in [-0.25, -0.2) is 0 Å². The van der Waals surface area contributed by atoms with Crippen LogP contribution in [0.4, 0.5) is 0 Å². The lowest BCUT2D eigenvalue weighted by atomic mass is 9.91. The van der Waals surface area contributed by atoms with Gasteiger partial charge in [0.25, 0.3) is 0 Å². The highest BCUT2D eigenvalue weighted by molar-refractivity contribution is 5.16. The van der Waals surface area contributed by atoms with Crippen LogP contribution in [0.1, 0.15) is 46.1 Å². The number of nitrogens with one attached hydrogen (secondary N) is 1. The zero-order chi connectivity index (χ0) is 14.6. The largest absolute Gasteiger partial charge is 0.311 e. The topological polar surface area (TPSA) is 15.3 Å². The van der Waals surface area contributed by atoms with E-state index in [1.54, 1.807) is 0 Å². The zero-order valence-corrected chi connectivity index (χ0v) is 13.5. The summed E-state index contributed by atoms with van der Waals surface area (Å²) in [5.41, 5.74) is 1.74. The van der Waals surface area contributed by atoms with E-state index in [9.17, 15) is 0 Å². The minimum atomic E-state index is 0.303. The van der Waals surface area contributed by atoms with Gasteiger partial charge in [0.05, 0.1) is 0 Å². The Hall–Kier alpha value is -0.860. The Kier molecular flexibility index (Phi) is 5.22. The lowest BCUT2D eigenvalue weighted by molar-refractivity contribution is 0.0263. The van der Waals surface area contributed by atoms with Gasteiger partial charge in [-0.2, -0.15) is 0 Å². The van der Waals surface area contributed by atoms with Crippen LogP contribution in [0, 0.1) is 0 Å². The van der Waals surface area contributed by atoms with Crippen molar-refractivity contribution in [2.75, 3.05) is 13.1 Å². The highest BCUT2D eigenvalue weighted by atomic mass is 15.3. The summed E-state index contributed by atoms with van der Waals surface area (Å²) in [5.74, 6) is 0. The maximum atomic E-state index is 3.75. The summed E-state index contributed by atoms with van der Waals surface area (Å²) in [5, 5.41) is 3.75. The molecule has 1 N–H and O–H groups in total. The van der Waals surface area contributed by atoms with E-state index in [1.807, 2.05) is 0 Å². The molecule has 0 saturated carbocycles. The quantitative estimate of drug-likeness (QED) is 0.884. The second kappa shape index (κ2) is 6.73. The molecule has 0 amide bonds. The summed E-state index contributed by atoms with van der Waals surface area (Å²) in [4.78, 5) is 2.73. The van der Waals surface area contributed by atoms with E-state index in [2.05, 4.69) is 68.2 Å². The van der Waals surface area contributed by atoms with Crippen molar-refractivity contribution in [3.05, 3.63) is 35.9 Å². The van der Waals surface area contributed by atoms with Gasteiger partial charge in [0.2, 0.25) is 0 Å². The smallest absolute Gasteiger partial charge is 0.0236 e. The molecule has 1 saturated heterocycles. The standard InChI is InChI=1S/C18H30N2/c1-5-17-13-19-16(12-15-10-8-7-9-11-15)14-20(17)18(3,4)6-2/h7-11,16-17,19H,5-6,12-14H2,1-4H3. The number of benzene rings is 1. The Morgan fingerprint density at radius 2 is 1.90 bits per heavy atom. The maximum absolute atomic E-state index is 3.75. The van der Waals surface area contributed by atoms with Gasteiger partial charge in [-0.3, -0.25) is 4.90 Å². The normalized spacial score (nSPS) is 24.8. The summed E-state index contributed by atoms with van der Waals surface area (Å²) in [7, 11) is 0. The first-order valence-corrected chi connectivity index (χ1v) is 8.11. The predicted molar refractivity (Wildman–Crippen MR) is 87.1 cm³/mol. The molecule has 1 aromatic rings. The van der Waals surface area contributed by atoms with Crippen molar-refractivity contribution >= 4 is 0 Å². The molecule has 112 valence electrons.